The summed E-state index contributed by atoms with van der Waals surface area (Å²) < 4.78 is 75.9. The van der Waals surface area contributed by atoms with E-state index in [2.05, 4.69) is 30.4 Å². The lowest BCUT2D eigenvalue weighted by Crippen LogP contribution is -2.50. The van der Waals surface area contributed by atoms with Gasteiger partial charge in [0.05, 0.1) is 16.1 Å². The summed E-state index contributed by atoms with van der Waals surface area (Å²) in [5.74, 6) is 1.04. The first-order valence-electron chi connectivity index (χ1n) is 13.8. The Labute approximate surface area is 255 Å². The van der Waals surface area contributed by atoms with Crippen molar-refractivity contribution in [3.63, 3.8) is 0 Å². The Balaban J connectivity index is 1.12. The SMILES string of the molecule is Cc1cc(-c2ccc(S(=O)(=O)N3CCN(CC(C)Nc4ncnc5c(-c6cn(C)nc6C(F)(F)F)cccc45)CC3)s2)on1. The van der Waals surface area contributed by atoms with E-state index in [0.29, 0.717) is 65.6 Å². The Hall–Kier alpha value is -3.86. The molecule has 1 unspecified atom stereocenters. The minimum absolute atomic E-state index is 0.0528. The lowest BCUT2D eigenvalue weighted by Gasteiger charge is -2.35. The number of hydrogen-bond acceptors (Lipinski definition) is 10. The lowest BCUT2D eigenvalue weighted by atomic mass is 10.0. The van der Waals surface area contributed by atoms with Crippen LogP contribution in [0, 0.1) is 6.92 Å². The molecule has 1 N–H and O–H groups in total. The summed E-state index contributed by atoms with van der Waals surface area (Å²) in [4.78, 5) is 11.6. The Bertz CT molecular complexity index is 1910. The number of benzene rings is 1. The number of nitrogens with one attached hydrogen (secondary N) is 1. The summed E-state index contributed by atoms with van der Waals surface area (Å²) in [6.07, 6.45) is -1.95. The zero-order chi connectivity index (χ0) is 31.2. The molecule has 1 aliphatic rings. The number of thiophene rings is 1. The fourth-order valence-electron chi connectivity index (χ4n) is 5.33. The normalized spacial score (nSPS) is 16.0. The average molecular weight is 647 g/mol. The highest BCUT2D eigenvalue weighted by Gasteiger charge is 2.38. The standard InChI is InChI=1S/C28H29F3N8O3S2/c1-17-13-22(42-36-17)23-7-8-24(43-23)44(40,41)39-11-9-38(10-12-39)14-18(2)34-27-20-6-4-5-19(25(20)32-16-33-27)21-15-37(3)35-26(21)28(29,30)31/h4-8,13,15-16,18H,9-12,14H2,1-3H3,(H,32,33,34). The summed E-state index contributed by atoms with van der Waals surface area (Å²) in [6, 6.07) is 10.0. The van der Waals surface area contributed by atoms with E-state index in [4.69, 9.17) is 4.52 Å². The van der Waals surface area contributed by atoms with Crippen molar-refractivity contribution in [3.05, 3.63) is 60.3 Å². The van der Waals surface area contributed by atoms with Gasteiger partial charge in [-0.2, -0.15) is 22.6 Å². The third-order valence-electron chi connectivity index (χ3n) is 7.35. The molecule has 16 heteroatoms. The number of alkyl halides is 3. The van der Waals surface area contributed by atoms with E-state index in [-0.39, 0.29) is 15.8 Å². The van der Waals surface area contributed by atoms with Gasteiger partial charge in [0.25, 0.3) is 10.0 Å². The van der Waals surface area contributed by atoms with Gasteiger partial charge in [-0.1, -0.05) is 17.3 Å². The number of para-hydroxylation sites is 1. The second kappa shape index (κ2) is 11.6. The van der Waals surface area contributed by atoms with E-state index in [1.54, 1.807) is 43.3 Å². The molecule has 0 amide bonds. The van der Waals surface area contributed by atoms with E-state index < -0.39 is 21.9 Å². The smallest absolute Gasteiger partial charge is 0.366 e. The largest absolute Gasteiger partial charge is 0.435 e. The Morgan fingerprint density at radius 1 is 1.09 bits per heavy atom. The van der Waals surface area contributed by atoms with Crippen LogP contribution < -0.4 is 5.32 Å². The van der Waals surface area contributed by atoms with Crippen LogP contribution in [0.15, 0.2) is 57.7 Å². The minimum Gasteiger partial charge on any atom is -0.366 e. The molecule has 44 heavy (non-hydrogen) atoms. The molecule has 5 heterocycles. The monoisotopic (exact) mass is 646 g/mol. The Kier molecular flexibility index (Phi) is 7.94. The van der Waals surface area contributed by atoms with Crippen LogP contribution in [0.2, 0.25) is 0 Å². The molecule has 11 nitrogen and oxygen atoms in total. The van der Waals surface area contributed by atoms with E-state index in [9.17, 15) is 21.6 Å². The Morgan fingerprint density at radius 2 is 1.86 bits per heavy atom. The second-order valence-corrected chi connectivity index (χ2v) is 13.9. The van der Waals surface area contributed by atoms with Gasteiger partial charge in [0.15, 0.2) is 11.5 Å². The van der Waals surface area contributed by atoms with Gasteiger partial charge in [0, 0.05) is 74.6 Å². The average Bonchev–Trinajstić information content (AvgIpc) is 3.73. The zero-order valence-corrected chi connectivity index (χ0v) is 25.7. The maximum Gasteiger partial charge on any atom is 0.435 e. The van der Waals surface area contributed by atoms with E-state index >= 15 is 0 Å². The first kappa shape index (κ1) is 30.2. The number of aryl methyl sites for hydroxylation is 2. The lowest BCUT2D eigenvalue weighted by molar-refractivity contribution is -0.140. The molecule has 1 aliphatic heterocycles. The molecular formula is C28H29F3N8O3S2. The highest BCUT2D eigenvalue weighted by Crippen LogP contribution is 2.39. The molecule has 0 saturated carbocycles. The first-order valence-corrected chi connectivity index (χ1v) is 16.0. The van der Waals surface area contributed by atoms with E-state index in [1.807, 2.05) is 6.92 Å². The third-order valence-corrected chi connectivity index (χ3v) is 10.8. The minimum atomic E-state index is -4.62. The van der Waals surface area contributed by atoms with Crippen molar-refractivity contribution in [2.24, 2.45) is 7.05 Å². The molecule has 6 rings (SSSR count). The number of nitrogens with zero attached hydrogens (tertiary/aromatic N) is 7. The molecule has 0 bridgehead atoms. The van der Waals surface area contributed by atoms with Crippen molar-refractivity contribution >= 4 is 38.1 Å². The van der Waals surface area contributed by atoms with Crippen LogP contribution in [0.5, 0.6) is 0 Å². The van der Waals surface area contributed by atoms with Gasteiger partial charge in [-0.25, -0.2) is 18.4 Å². The van der Waals surface area contributed by atoms with E-state index in [0.717, 1.165) is 21.7 Å². The zero-order valence-electron chi connectivity index (χ0n) is 24.0. The van der Waals surface area contributed by atoms with Crippen LogP contribution in [0.4, 0.5) is 19.0 Å². The quantitative estimate of drug-likeness (QED) is 0.251. The van der Waals surface area contributed by atoms with Crippen molar-refractivity contribution < 1.29 is 26.1 Å². The van der Waals surface area contributed by atoms with Crippen LogP contribution in [0.3, 0.4) is 0 Å². The van der Waals surface area contributed by atoms with Gasteiger partial charge in [-0.3, -0.25) is 9.58 Å². The van der Waals surface area contributed by atoms with Crippen molar-refractivity contribution in [2.75, 3.05) is 38.0 Å². The fraction of sp³-hybridized carbons (Fsp3) is 0.357. The topological polar surface area (TPSA) is 122 Å². The molecule has 1 saturated heterocycles. The molecule has 0 spiro atoms. The van der Waals surface area contributed by atoms with Gasteiger partial charge in [0.2, 0.25) is 0 Å². The fourth-order valence-corrected chi connectivity index (χ4v) is 8.16. The maximum atomic E-state index is 13.7. The molecule has 0 aliphatic carbocycles. The molecule has 4 aromatic heterocycles. The molecule has 0 radical (unpaired) electrons. The highest BCUT2D eigenvalue weighted by atomic mass is 32.2. The van der Waals surface area contributed by atoms with Crippen LogP contribution in [-0.2, 0) is 23.2 Å². The number of aromatic nitrogens is 5. The molecule has 1 aromatic carbocycles. The highest BCUT2D eigenvalue weighted by molar-refractivity contribution is 7.91. The number of halogens is 3. The van der Waals surface area contributed by atoms with Gasteiger partial charge in [-0.15, -0.1) is 11.3 Å². The predicted octanol–water partition coefficient (Wildman–Crippen LogP) is 4.88. The number of fused-ring (bicyclic) bond motifs is 1. The third kappa shape index (κ3) is 5.94. The molecule has 232 valence electrons. The first-order chi connectivity index (χ1) is 20.9. The molecular weight excluding hydrogens is 617 g/mol. The summed E-state index contributed by atoms with van der Waals surface area (Å²) >= 11 is 1.16. The van der Waals surface area contributed by atoms with Crippen LogP contribution in [0.1, 0.15) is 18.3 Å². The van der Waals surface area contributed by atoms with E-state index in [1.165, 1.54) is 23.9 Å². The van der Waals surface area contributed by atoms with Crippen LogP contribution in [-0.4, -0.2) is 81.3 Å². The number of sulfonamides is 1. The van der Waals surface area contributed by atoms with Crippen molar-refractivity contribution in [1.29, 1.82) is 0 Å². The maximum absolute atomic E-state index is 13.7. The number of rotatable bonds is 8. The molecule has 1 fully saturated rings. The number of piperazine rings is 1. The van der Waals surface area contributed by atoms with Crippen molar-refractivity contribution in [1.82, 2.24) is 34.1 Å². The van der Waals surface area contributed by atoms with Gasteiger partial charge >= 0.3 is 6.18 Å². The molecule has 1 atom stereocenters. The summed E-state index contributed by atoms with van der Waals surface area (Å²) in [5, 5.41) is 11.5. The van der Waals surface area contributed by atoms with Gasteiger partial charge in [-0.05, 0) is 32.0 Å². The summed E-state index contributed by atoms with van der Waals surface area (Å²) in [7, 11) is -2.20. The van der Waals surface area contributed by atoms with Crippen LogP contribution in [0.25, 0.3) is 32.7 Å². The number of anilines is 1. The van der Waals surface area contributed by atoms with Crippen molar-refractivity contribution in [2.45, 2.75) is 30.3 Å². The molecule has 5 aromatic rings. The van der Waals surface area contributed by atoms with Gasteiger partial charge in [0.1, 0.15) is 16.4 Å². The van der Waals surface area contributed by atoms with Gasteiger partial charge < -0.3 is 9.84 Å². The summed E-state index contributed by atoms with van der Waals surface area (Å²) in [5.41, 5.74) is 0.388. The second-order valence-electron chi connectivity index (χ2n) is 10.7. The summed E-state index contributed by atoms with van der Waals surface area (Å²) in [6.45, 7) is 6.16. The Morgan fingerprint density at radius 3 is 2.57 bits per heavy atom. The van der Waals surface area contributed by atoms with Crippen LogP contribution >= 0.6 is 11.3 Å². The number of hydrogen-bond donors (Lipinski definition) is 1. The van der Waals surface area contributed by atoms with Crippen molar-refractivity contribution in [3.8, 4) is 21.8 Å². The predicted molar refractivity (Wildman–Crippen MR) is 160 cm³/mol.